The second-order valence-electron chi connectivity index (χ2n) is 7.48. The monoisotopic (exact) mass is 418 g/mol. The third-order valence-corrected chi connectivity index (χ3v) is 5.31. The number of carbonyl (C=O) groups is 2. The number of halogens is 3. The van der Waals surface area contributed by atoms with Gasteiger partial charge < -0.3 is 10.2 Å². The van der Waals surface area contributed by atoms with Gasteiger partial charge in [-0.1, -0.05) is 60.7 Å². The molecule has 7 heteroatoms. The van der Waals surface area contributed by atoms with Gasteiger partial charge in [0.25, 0.3) is 0 Å². The van der Waals surface area contributed by atoms with E-state index >= 15 is 0 Å². The van der Waals surface area contributed by atoms with Gasteiger partial charge >= 0.3 is 6.18 Å². The summed E-state index contributed by atoms with van der Waals surface area (Å²) >= 11 is 0. The van der Waals surface area contributed by atoms with E-state index in [4.69, 9.17) is 0 Å². The summed E-state index contributed by atoms with van der Waals surface area (Å²) in [5.74, 6) is -1.01. The molecule has 160 valence electrons. The molecule has 2 aromatic rings. The number of aryl methyl sites for hydroxylation is 1. The molecule has 3 rings (SSSR count). The van der Waals surface area contributed by atoms with Crippen LogP contribution in [0.15, 0.2) is 60.7 Å². The quantitative estimate of drug-likeness (QED) is 0.724. The van der Waals surface area contributed by atoms with E-state index in [1.165, 1.54) is 4.90 Å². The highest BCUT2D eigenvalue weighted by molar-refractivity contribution is 5.89. The van der Waals surface area contributed by atoms with Crippen LogP contribution < -0.4 is 5.32 Å². The van der Waals surface area contributed by atoms with Gasteiger partial charge in [-0.3, -0.25) is 9.59 Å². The van der Waals surface area contributed by atoms with Gasteiger partial charge in [0.05, 0.1) is 0 Å². The molecule has 0 unspecified atom stereocenters. The second-order valence-corrected chi connectivity index (χ2v) is 7.48. The summed E-state index contributed by atoms with van der Waals surface area (Å²) in [7, 11) is 0. The number of nitrogens with one attached hydrogen (secondary N) is 1. The Bertz CT molecular complexity index is 841. The van der Waals surface area contributed by atoms with Crippen molar-refractivity contribution in [2.75, 3.05) is 6.54 Å². The number of nitrogens with zero attached hydrogens (tertiary/aromatic N) is 1. The highest BCUT2D eigenvalue weighted by Crippen LogP contribution is 2.29. The van der Waals surface area contributed by atoms with Gasteiger partial charge in [0.15, 0.2) is 0 Å². The summed E-state index contributed by atoms with van der Waals surface area (Å²) in [6.07, 6.45) is -2.93. The lowest BCUT2D eigenvalue weighted by Gasteiger charge is -2.35. The van der Waals surface area contributed by atoms with Crippen molar-refractivity contribution in [3.05, 3.63) is 71.8 Å². The maximum Gasteiger partial charge on any atom is 0.408 e. The minimum absolute atomic E-state index is 0.184. The van der Waals surface area contributed by atoms with Crippen LogP contribution in [-0.2, 0) is 16.0 Å². The molecular formula is C23H25F3N2O2. The lowest BCUT2D eigenvalue weighted by Crippen LogP contribution is -2.52. The van der Waals surface area contributed by atoms with Crippen LogP contribution in [0.4, 0.5) is 13.2 Å². The molecule has 1 heterocycles. The fourth-order valence-corrected chi connectivity index (χ4v) is 3.73. The van der Waals surface area contributed by atoms with Gasteiger partial charge in [0.1, 0.15) is 12.1 Å². The molecule has 0 radical (unpaired) electrons. The summed E-state index contributed by atoms with van der Waals surface area (Å²) in [6, 6.07) is 14.3. The van der Waals surface area contributed by atoms with Crippen molar-refractivity contribution in [2.45, 2.75) is 50.4 Å². The molecule has 0 saturated carbocycles. The van der Waals surface area contributed by atoms with Crippen molar-refractivity contribution >= 4 is 11.8 Å². The number of hydrogen-bond donors (Lipinski definition) is 1. The van der Waals surface area contributed by atoms with E-state index in [9.17, 15) is 22.8 Å². The Kier molecular flexibility index (Phi) is 7.13. The van der Waals surface area contributed by atoms with Crippen LogP contribution >= 0.6 is 0 Å². The van der Waals surface area contributed by atoms with Gasteiger partial charge in [-0.05, 0) is 36.8 Å². The predicted molar refractivity (Wildman–Crippen MR) is 107 cm³/mol. The maximum atomic E-state index is 13.7. The normalized spacial score (nSPS) is 16.8. The van der Waals surface area contributed by atoms with Crippen molar-refractivity contribution in [1.82, 2.24) is 10.2 Å². The van der Waals surface area contributed by atoms with Crippen molar-refractivity contribution in [2.24, 2.45) is 0 Å². The standard InChI is InChI=1S/C23H25F3N2O2/c24-23(25,26)19(15-14-17-9-3-1-4-10-17)27-22(30)21(18-11-5-2-6-12-18)28-16-8-7-13-20(28)29/h1-6,9-12,19,21H,7-8,13-16H2,(H,27,30)/t19-,21+/m0/s1. The highest BCUT2D eigenvalue weighted by Gasteiger charge is 2.42. The lowest BCUT2D eigenvalue weighted by atomic mass is 9.99. The van der Waals surface area contributed by atoms with E-state index in [0.717, 1.165) is 18.4 Å². The SMILES string of the molecule is O=C(N[C@@H](CCc1ccccc1)C(F)(F)F)[C@@H](c1ccccc1)N1CCCCC1=O. The van der Waals surface area contributed by atoms with Crippen molar-refractivity contribution in [1.29, 1.82) is 0 Å². The zero-order valence-electron chi connectivity index (χ0n) is 16.6. The molecule has 1 aliphatic rings. The first kappa shape index (κ1) is 21.9. The third-order valence-electron chi connectivity index (χ3n) is 5.31. The predicted octanol–water partition coefficient (Wildman–Crippen LogP) is 4.42. The van der Waals surface area contributed by atoms with Crippen LogP contribution in [0.1, 0.15) is 42.9 Å². The largest absolute Gasteiger partial charge is 0.408 e. The summed E-state index contributed by atoms with van der Waals surface area (Å²) in [5.41, 5.74) is 1.28. The first-order chi connectivity index (χ1) is 14.4. The average molecular weight is 418 g/mol. The van der Waals surface area contributed by atoms with E-state index < -0.39 is 24.2 Å². The molecule has 2 amide bonds. The smallest absolute Gasteiger partial charge is 0.342 e. The Hall–Kier alpha value is -2.83. The Balaban J connectivity index is 1.80. The van der Waals surface area contributed by atoms with Crippen molar-refractivity contribution < 1.29 is 22.8 Å². The maximum absolute atomic E-state index is 13.7. The topological polar surface area (TPSA) is 49.4 Å². The molecule has 4 nitrogen and oxygen atoms in total. The minimum atomic E-state index is -4.59. The molecule has 2 aromatic carbocycles. The first-order valence-electron chi connectivity index (χ1n) is 10.1. The summed E-state index contributed by atoms with van der Waals surface area (Å²) in [4.78, 5) is 26.9. The van der Waals surface area contributed by atoms with Crippen LogP contribution in [0.2, 0.25) is 0 Å². The van der Waals surface area contributed by atoms with E-state index in [2.05, 4.69) is 5.32 Å². The van der Waals surface area contributed by atoms with Crippen molar-refractivity contribution in [3.8, 4) is 0 Å². The fourth-order valence-electron chi connectivity index (χ4n) is 3.73. The van der Waals surface area contributed by atoms with Crippen LogP contribution in [0.5, 0.6) is 0 Å². The van der Waals surface area contributed by atoms with Gasteiger partial charge in [0.2, 0.25) is 11.8 Å². The number of carbonyl (C=O) groups excluding carboxylic acids is 2. The molecule has 1 fully saturated rings. The zero-order valence-corrected chi connectivity index (χ0v) is 16.6. The molecule has 0 aliphatic carbocycles. The minimum Gasteiger partial charge on any atom is -0.342 e. The first-order valence-corrected chi connectivity index (χ1v) is 10.1. The number of amides is 2. The van der Waals surface area contributed by atoms with Crippen LogP contribution in [0.3, 0.4) is 0 Å². The zero-order chi connectivity index (χ0) is 21.6. The van der Waals surface area contributed by atoms with Crippen LogP contribution in [0.25, 0.3) is 0 Å². The number of alkyl halides is 3. The Morgan fingerprint density at radius 3 is 2.23 bits per heavy atom. The fraction of sp³-hybridized carbons (Fsp3) is 0.391. The molecule has 1 N–H and O–H groups in total. The number of benzene rings is 2. The number of likely N-dealkylation sites (tertiary alicyclic amines) is 1. The molecule has 1 saturated heterocycles. The molecular weight excluding hydrogens is 393 g/mol. The highest BCUT2D eigenvalue weighted by atomic mass is 19.4. The third kappa shape index (κ3) is 5.62. The molecule has 0 spiro atoms. The van der Waals surface area contributed by atoms with Crippen molar-refractivity contribution in [3.63, 3.8) is 0 Å². The van der Waals surface area contributed by atoms with Gasteiger partial charge in [-0.15, -0.1) is 0 Å². The Morgan fingerprint density at radius 1 is 1.00 bits per heavy atom. The lowest BCUT2D eigenvalue weighted by molar-refractivity contribution is -0.165. The Morgan fingerprint density at radius 2 is 1.63 bits per heavy atom. The van der Waals surface area contributed by atoms with Gasteiger partial charge in [-0.2, -0.15) is 13.2 Å². The van der Waals surface area contributed by atoms with E-state index in [1.807, 2.05) is 0 Å². The number of rotatable bonds is 7. The van der Waals surface area contributed by atoms with Gasteiger partial charge in [0, 0.05) is 13.0 Å². The molecule has 1 aliphatic heterocycles. The van der Waals surface area contributed by atoms with Gasteiger partial charge in [-0.25, -0.2) is 0 Å². The summed E-state index contributed by atoms with van der Waals surface area (Å²) < 4.78 is 41.0. The van der Waals surface area contributed by atoms with E-state index in [0.29, 0.717) is 18.5 Å². The van der Waals surface area contributed by atoms with E-state index in [1.54, 1.807) is 60.7 Å². The Labute approximate surface area is 174 Å². The van der Waals surface area contributed by atoms with Crippen LogP contribution in [0, 0.1) is 0 Å². The van der Waals surface area contributed by atoms with E-state index in [-0.39, 0.29) is 18.7 Å². The average Bonchev–Trinajstić information content (AvgIpc) is 2.73. The summed E-state index contributed by atoms with van der Waals surface area (Å²) in [5, 5.41) is 2.19. The molecule has 0 aromatic heterocycles. The summed E-state index contributed by atoms with van der Waals surface area (Å²) in [6.45, 7) is 0.354. The number of hydrogen-bond acceptors (Lipinski definition) is 2. The second kappa shape index (κ2) is 9.78. The molecule has 2 atom stereocenters. The molecule has 0 bridgehead atoms. The van der Waals surface area contributed by atoms with Crippen LogP contribution in [-0.4, -0.2) is 35.5 Å². The number of piperidine rings is 1. The molecule has 30 heavy (non-hydrogen) atoms.